The molecule has 1 aromatic carbocycles. The molecule has 3 amide bonds. The van der Waals surface area contributed by atoms with Crippen molar-refractivity contribution in [3.05, 3.63) is 55.1 Å². The lowest BCUT2D eigenvalue weighted by molar-refractivity contribution is -0.131. The highest BCUT2D eigenvalue weighted by Crippen LogP contribution is 2.35. The molecule has 1 saturated heterocycles. The highest BCUT2D eigenvalue weighted by atomic mass is 79.9. The fourth-order valence-corrected chi connectivity index (χ4v) is 4.64. The lowest BCUT2D eigenvalue weighted by atomic mass is 9.92. The Hall–Kier alpha value is -1.18. The molecule has 0 radical (unpaired) electrons. The summed E-state index contributed by atoms with van der Waals surface area (Å²) < 4.78 is 1.77. The summed E-state index contributed by atoms with van der Waals surface area (Å²) in [7, 11) is 0. The minimum Gasteiger partial charge on any atom is -0.319 e. The highest BCUT2D eigenvalue weighted by Gasteiger charge is 2.49. The summed E-state index contributed by atoms with van der Waals surface area (Å²) in [6.45, 7) is 2.01. The van der Waals surface area contributed by atoms with Crippen LogP contribution in [0.3, 0.4) is 0 Å². The van der Waals surface area contributed by atoms with E-state index in [1.54, 1.807) is 6.92 Å². The second kappa shape index (κ2) is 5.79. The van der Waals surface area contributed by atoms with Crippen LogP contribution in [0.2, 0.25) is 0 Å². The zero-order valence-electron chi connectivity index (χ0n) is 11.6. The van der Waals surface area contributed by atoms with Crippen molar-refractivity contribution in [2.45, 2.75) is 19.0 Å². The van der Waals surface area contributed by atoms with Gasteiger partial charge in [0, 0.05) is 14.9 Å². The zero-order chi connectivity index (χ0) is 15.9. The standard InChI is InChI=1S/C15H12Br2N2O2S/c1-15(10-4-2-3-5-11(10)16)13(20)19(14(21)18-15)8-9-6-7-12(17)22-9/h2-7H,8H2,1H3,(H,18,21). The van der Waals surface area contributed by atoms with Gasteiger partial charge in [-0.15, -0.1) is 11.3 Å². The number of carbonyl (C=O) groups excluding carboxylic acids is 2. The number of hydrogen-bond donors (Lipinski definition) is 1. The number of nitrogens with one attached hydrogen (secondary N) is 1. The SMILES string of the molecule is CC1(c2ccccc2Br)NC(=O)N(Cc2ccc(Br)s2)C1=O. The van der Waals surface area contributed by atoms with Crippen LogP contribution >= 0.6 is 43.2 Å². The third kappa shape index (κ3) is 2.61. The van der Waals surface area contributed by atoms with Crippen molar-refractivity contribution in [3.63, 3.8) is 0 Å². The van der Waals surface area contributed by atoms with E-state index in [0.717, 1.165) is 18.7 Å². The quantitative estimate of drug-likeness (QED) is 0.721. The van der Waals surface area contributed by atoms with Crippen molar-refractivity contribution in [2.75, 3.05) is 0 Å². The van der Waals surface area contributed by atoms with Crippen molar-refractivity contribution in [2.24, 2.45) is 0 Å². The van der Waals surface area contributed by atoms with Crippen LogP contribution in [0.5, 0.6) is 0 Å². The fraction of sp³-hybridized carbons (Fsp3) is 0.200. The van der Waals surface area contributed by atoms with Gasteiger partial charge >= 0.3 is 6.03 Å². The maximum absolute atomic E-state index is 12.8. The van der Waals surface area contributed by atoms with Gasteiger partial charge in [-0.25, -0.2) is 4.79 Å². The number of carbonyl (C=O) groups is 2. The first kappa shape index (κ1) is 15.7. The van der Waals surface area contributed by atoms with Crippen LogP contribution in [-0.4, -0.2) is 16.8 Å². The number of thiophene rings is 1. The highest BCUT2D eigenvalue weighted by molar-refractivity contribution is 9.11. The van der Waals surface area contributed by atoms with Gasteiger partial charge in [0.05, 0.1) is 10.3 Å². The molecule has 2 heterocycles. The summed E-state index contributed by atoms with van der Waals surface area (Å²) in [5, 5.41) is 2.81. The van der Waals surface area contributed by atoms with Gasteiger partial charge in [0.1, 0.15) is 5.54 Å². The first-order valence-corrected chi connectivity index (χ1v) is 8.95. The van der Waals surface area contributed by atoms with Gasteiger partial charge < -0.3 is 5.32 Å². The van der Waals surface area contributed by atoms with E-state index in [1.165, 1.54) is 16.2 Å². The summed E-state index contributed by atoms with van der Waals surface area (Å²) in [6, 6.07) is 10.9. The molecule has 114 valence electrons. The molecule has 1 aliphatic heterocycles. The molecule has 0 saturated carbocycles. The van der Waals surface area contributed by atoms with E-state index in [-0.39, 0.29) is 18.5 Å². The molecule has 2 aromatic rings. The summed E-state index contributed by atoms with van der Waals surface area (Å²) >= 11 is 8.35. The first-order valence-electron chi connectivity index (χ1n) is 6.55. The second-order valence-corrected chi connectivity index (χ2v) is 8.53. The van der Waals surface area contributed by atoms with E-state index in [2.05, 4.69) is 37.2 Å². The molecular weight excluding hydrogens is 432 g/mol. The van der Waals surface area contributed by atoms with Gasteiger partial charge in [-0.3, -0.25) is 9.69 Å². The molecule has 22 heavy (non-hydrogen) atoms. The lowest BCUT2D eigenvalue weighted by Crippen LogP contribution is -2.41. The number of imide groups is 1. The number of halogens is 2. The van der Waals surface area contributed by atoms with Gasteiger partial charge in [-0.1, -0.05) is 34.1 Å². The number of amides is 3. The van der Waals surface area contributed by atoms with Crippen molar-refractivity contribution in [1.29, 1.82) is 0 Å². The van der Waals surface area contributed by atoms with E-state index in [1.807, 2.05) is 36.4 Å². The Morgan fingerprint density at radius 1 is 1.18 bits per heavy atom. The predicted octanol–water partition coefficient (Wildman–Crippen LogP) is 4.24. The van der Waals surface area contributed by atoms with Crippen molar-refractivity contribution >= 4 is 55.1 Å². The summed E-state index contributed by atoms with van der Waals surface area (Å²) in [4.78, 5) is 27.3. The number of benzene rings is 1. The van der Waals surface area contributed by atoms with Gasteiger partial charge in [-0.2, -0.15) is 0 Å². The van der Waals surface area contributed by atoms with Crippen LogP contribution in [0.15, 0.2) is 44.7 Å². The minimum absolute atomic E-state index is 0.242. The van der Waals surface area contributed by atoms with Gasteiger partial charge in [0.2, 0.25) is 0 Å². The molecule has 0 bridgehead atoms. The van der Waals surface area contributed by atoms with E-state index < -0.39 is 5.54 Å². The van der Waals surface area contributed by atoms with Crippen LogP contribution in [0.4, 0.5) is 4.79 Å². The molecule has 1 atom stereocenters. The average molecular weight is 444 g/mol. The summed E-state index contributed by atoms with van der Waals surface area (Å²) in [5.74, 6) is -0.242. The molecule has 3 rings (SSSR count). The average Bonchev–Trinajstić information content (AvgIpc) is 2.97. The van der Waals surface area contributed by atoms with E-state index in [9.17, 15) is 9.59 Å². The van der Waals surface area contributed by atoms with Crippen LogP contribution < -0.4 is 5.32 Å². The Morgan fingerprint density at radius 2 is 1.91 bits per heavy atom. The topological polar surface area (TPSA) is 49.4 Å². The smallest absolute Gasteiger partial charge is 0.319 e. The molecule has 0 spiro atoms. The number of rotatable bonds is 3. The van der Waals surface area contributed by atoms with Crippen molar-refractivity contribution in [3.8, 4) is 0 Å². The first-order chi connectivity index (χ1) is 10.4. The van der Waals surface area contributed by atoms with E-state index >= 15 is 0 Å². The number of urea groups is 1. The fourth-order valence-electron chi connectivity index (χ4n) is 2.48. The largest absolute Gasteiger partial charge is 0.325 e. The van der Waals surface area contributed by atoms with Crippen LogP contribution in [0.1, 0.15) is 17.4 Å². The summed E-state index contributed by atoms with van der Waals surface area (Å²) in [5.41, 5.74) is -0.297. The Morgan fingerprint density at radius 3 is 2.55 bits per heavy atom. The number of hydrogen-bond acceptors (Lipinski definition) is 3. The number of nitrogens with zero attached hydrogens (tertiary/aromatic N) is 1. The zero-order valence-corrected chi connectivity index (χ0v) is 15.6. The third-order valence-electron chi connectivity index (χ3n) is 3.63. The molecule has 1 aliphatic rings. The monoisotopic (exact) mass is 442 g/mol. The molecule has 0 aliphatic carbocycles. The Bertz CT molecular complexity index is 762. The van der Waals surface area contributed by atoms with Gasteiger partial charge in [0.25, 0.3) is 5.91 Å². The Labute approximate surface area is 148 Å². The normalized spacial score (nSPS) is 21.3. The molecule has 7 heteroatoms. The van der Waals surface area contributed by atoms with Gasteiger partial charge in [-0.05, 0) is 41.1 Å². The van der Waals surface area contributed by atoms with E-state index in [4.69, 9.17) is 0 Å². The maximum Gasteiger partial charge on any atom is 0.325 e. The van der Waals surface area contributed by atoms with E-state index in [0.29, 0.717) is 0 Å². The van der Waals surface area contributed by atoms with Crippen LogP contribution in [0.25, 0.3) is 0 Å². The van der Waals surface area contributed by atoms with Crippen LogP contribution in [0, 0.1) is 0 Å². The molecule has 1 aromatic heterocycles. The lowest BCUT2D eigenvalue weighted by Gasteiger charge is -2.23. The Balaban J connectivity index is 1.92. The van der Waals surface area contributed by atoms with Crippen LogP contribution in [-0.2, 0) is 16.9 Å². The molecular formula is C15H12Br2N2O2S. The molecule has 1 N–H and O–H groups in total. The minimum atomic E-state index is -1.05. The molecule has 1 fully saturated rings. The van der Waals surface area contributed by atoms with Crippen molar-refractivity contribution < 1.29 is 9.59 Å². The molecule has 4 nitrogen and oxygen atoms in total. The second-order valence-electron chi connectivity index (χ2n) is 5.13. The van der Waals surface area contributed by atoms with Crippen molar-refractivity contribution in [1.82, 2.24) is 10.2 Å². The van der Waals surface area contributed by atoms with Gasteiger partial charge in [0.15, 0.2) is 0 Å². The Kier molecular flexibility index (Phi) is 4.13. The molecule has 1 unspecified atom stereocenters. The summed E-state index contributed by atoms with van der Waals surface area (Å²) in [6.07, 6.45) is 0. The third-order valence-corrected chi connectivity index (χ3v) is 5.93. The predicted molar refractivity (Wildman–Crippen MR) is 92.6 cm³/mol. The maximum atomic E-state index is 12.8.